The number of rotatable bonds is 6. The molecule has 0 atom stereocenters. The highest BCUT2D eigenvalue weighted by molar-refractivity contribution is 9.10. The number of carbonyl (C=O) groups excluding carboxylic acids is 2. The second-order valence-corrected chi connectivity index (χ2v) is 6.11. The summed E-state index contributed by atoms with van der Waals surface area (Å²) in [7, 11) is 0. The molecule has 0 radical (unpaired) electrons. The SMILES string of the molecule is CCC(=O)Nc1cccc(NC(=O)COc2ccc(C)cc2Br)c1. The van der Waals surface area contributed by atoms with Crippen LogP contribution in [0.3, 0.4) is 0 Å². The molecule has 24 heavy (non-hydrogen) atoms. The maximum atomic E-state index is 12.0. The van der Waals surface area contributed by atoms with Gasteiger partial charge in [-0.15, -0.1) is 0 Å². The number of halogens is 1. The summed E-state index contributed by atoms with van der Waals surface area (Å²) in [5.74, 6) is 0.257. The summed E-state index contributed by atoms with van der Waals surface area (Å²) >= 11 is 3.41. The number of ether oxygens (including phenoxy) is 1. The lowest BCUT2D eigenvalue weighted by Gasteiger charge is -2.10. The normalized spacial score (nSPS) is 10.1. The van der Waals surface area contributed by atoms with E-state index in [9.17, 15) is 9.59 Å². The molecule has 0 saturated carbocycles. The van der Waals surface area contributed by atoms with Crippen molar-refractivity contribution in [2.75, 3.05) is 17.2 Å². The van der Waals surface area contributed by atoms with Crippen molar-refractivity contribution in [2.24, 2.45) is 0 Å². The molecule has 2 amide bonds. The maximum absolute atomic E-state index is 12.0. The molecule has 5 nitrogen and oxygen atoms in total. The summed E-state index contributed by atoms with van der Waals surface area (Å²) in [5.41, 5.74) is 2.34. The first-order valence-electron chi connectivity index (χ1n) is 7.56. The maximum Gasteiger partial charge on any atom is 0.262 e. The van der Waals surface area contributed by atoms with Gasteiger partial charge in [0.05, 0.1) is 4.47 Å². The molecule has 0 aliphatic rings. The number of nitrogens with one attached hydrogen (secondary N) is 2. The first kappa shape index (κ1) is 18.0. The van der Waals surface area contributed by atoms with Crippen LogP contribution >= 0.6 is 15.9 Å². The zero-order valence-corrected chi connectivity index (χ0v) is 15.1. The van der Waals surface area contributed by atoms with Crippen LogP contribution in [0.2, 0.25) is 0 Å². The molecule has 2 rings (SSSR count). The molecule has 2 N–H and O–H groups in total. The highest BCUT2D eigenvalue weighted by Crippen LogP contribution is 2.25. The van der Waals surface area contributed by atoms with Crippen LogP contribution < -0.4 is 15.4 Å². The van der Waals surface area contributed by atoms with E-state index in [2.05, 4.69) is 26.6 Å². The van der Waals surface area contributed by atoms with Crippen molar-refractivity contribution in [3.05, 3.63) is 52.5 Å². The van der Waals surface area contributed by atoms with Crippen molar-refractivity contribution in [2.45, 2.75) is 20.3 Å². The lowest BCUT2D eigenvalue weighted by atomic mass is 10.2. The van der Waals surface area contributed by atoms with Crippen LogP contribution in [0.1, 0.15) is 18.9 Å². The van der Waals surface area contributed by atoms with Gasteiger partial charge in [-0.1, -0.05) is 19.1 Å². The fourth-order valence-electron chi connectivity index (χ4n) is 1.99. The molecule has 0 aromatic heterocycles. The minimum atomic E-state index is -0.276. The van der Waals surface area contributed by atoms with Gasteiger partial charge in [-0.3, -0.25) is 9.59 Å². The van der Waals surface area contributed by atoms with E-state index in [0.29, 0.717) is 23.5 Å². The molecule has 0 bridgehead atoms. The molecule has 0 unspecified atom stereocenters. The van der Waals surface area contributed by atoms with E-state index >= 15 is 0 Å². The van der Waals surface area contributed by atoms with E-state index in [0.717, 1.165) is 10.0 Å². The summed E-state index contributed by atoms with van der Waals surface area (Å²) in [6.07, 6.45) is 0.399. The van der Waals surface area contributed by atoms with Gasteiger partial charge in [0.25, 0.3) is 5.91 Å². The minimum absolute atomic E-state index is 0.0777. The number of carbonyl (C=O) groups is 2. The Labute approximate surface area is 149 Å². The Balaban J connectivity index is 1.92. The van der Waals surface area contributed by atoms with E-state index in [1.807, 2.05) is 25.1 Å². The van der Waals surface area contributed by atoms with Crippen LogP contribution in [0, 0.1) is 6.92 Å². The van der Waals surface area contributed by atoms with Crippen molar-refractivity contribution in [3.8, 4) is 5.75 Å². The number of anilines is 2. The van der Waals surface area contributed by atoms with Gasteiger partial charge < -0.3 is 15.4 Å². The van der Waals surface area contributed by atoms with Crippen LogP contribution in [0.4, 0.5) is 11.4 Å². The molecule has 126 valence electrons. The number of benzene rings is 2. The zero-order chi connectivity index (χ0) is 17.5. The molecule has 2 aromatic rings. The molecular formula is C18H19BrN2O3. The largest absolute Gasteiger partial charge is 0.483 e. The van der Waals surface area contributed by atoms with E-state index in [1.165, 1.54) is 0 Å². The lowest BCUT2D eigenvalue weighted by molar-refractivity contribution is -0.118. The summed E-state index contributed by atoms with van der Waals surface area (Å²) in [4.78, 5) is 23.4. The Kier molecular flexibility index (Phi) is 6.37. The van der Waals surface area contributed by atoms with Crippen molar-refractivity contribution < 1.29 is 14.3 Å². The molecule has 0 spiro atoms. The van der Waals surface area contributed by atoms with Crippen molar-refractivity contribution in [3.63, 3.8) is 0 Å². The monoisotopic (exact) mass is 390 g/mol. The van der Waals surface area contributed by atoms with Gasteiger partial charge in [0.1, 0.15) is 5.75 Å². The predicted molar refractivity (Wildman–Crippen MR) is 98.4 cm³/mol. The fourth-order valence-corrected chi connectivity index (χ4v) is 2.60. The first-order chi connectivity index (χ1) is 11.5. The third-order valence-corrected chi connectivity index (χ3v) is 3.82. The second-order valence-electron chi connectivity index (χ2n) is 5.25. The van der Waals surface area contributed by atoms with E-state index in [1.54, 1.807) is 31.2 Å². The van der Waals surface area contributed by atoms with Gasteiger partial charge in [-0.05, 0) is 58.7 Å². The third-order valence-electron chi connectivity index (χ3n) is 3.20. The van der Waals surface area contributed by atoms with Crippen LogP contribution in [0.25, 0.3) is 0 Å². The molecule has 0 heterocycles. The molecule has 0 fully saturated rings. The molecule has 0 aliphatic carbocycles. The Morgan fingerprint density at radius 2 is 1.71 bits per heavy atom. The molecule has 0 saturated heterocycles. The van der Waals surface area contributed by atoms with Crippen molar-refractivity contribution >= 4 is 39.1 Å². The van der Waals surface area contributed by atoms with Gasteiger partial charge in [0.2, 0.25) is 5.91 Å². The Morgan fingerprint density at radius 3 is 2.33 bits per heavy atom. The smallest absolute Gasteiger partial charge is 0.262 e. The topological polar surface area (TPSA) is 67.4 Å². The second kappa shape index (κ2) is 8.49. The summed E-state index contributed by atoms with van der Waals surface area (Å²) in [5, 5.41) is 5.49. The van der Waals surface area contributed by atoms with E-state index in [4.69, 9.17) is 4.74 Å². The fraction of sp³-hybridized carbons (Fsp3) is 0.222. The molecule has 0 aliphatic heterocycles. The quantitative estimate of drug-likeness (QED) is 0.779. The van der Waals surface area contributed by atoms with E-state index in [-0.39, 0.29) is 18.4 Å². The van der Waals surface area contributed by atoms with Crippen molar-refractivity contribution in [1.29, 1.82) is 0 Å². The standard InChI is InChI=1S/C18H19BrN2O3/c1-3-17(22)20-13-5-4-6-14(10-13)21-18(23)11-24-16-8-7-12(2)9-15(16)19/h4-10H,3,11H2,1-2H3,(H,20,22)(H,21,23). The van der Waals surface area contributed by atoms with Crippen molar-refractivity contribution in [1.82, 2.24) is 0 Å². The van der Waals surface area contributed by atoms with Crippen LogP contribution in [-0.2, 0) is 9.59 Å². The molecular weight excluding hydrogens is 372 g/mol. The number of hydrogen-bond acceptors (Lipinski definition) is 3. The van der Waals surface area contributed by atoms with Crippen LogP contribution in [0.15, 0.2) is 46.9 Å². The zero-order valence-electron chi connectivity index (χ0n) is 13.6. The minimum Gasteiger partial charge on any atom is -0.483 e. The summed E-state index contributed by atoms with van der Waals surface area (Å²) < 4.78 is 6.31. The van der Waals surface area contributed by atoms with Gasteiger partial charge in [0.15, 0.2) is 6.61 Å². The van der Waals surface area contributed by atoms with Gasteiger partial charge in [-0.2, -0.15) is 0 Å². The highest BCUT2D eigenvalue weighted by atomic mass is 79.9. The summed E-state index contributed by atoms with van der Waals surface area (Å²) in [6, 6.07) is 12.6. The summed E-state index contributed by atoms with van der Waals surface area (Å²) in [6.45, 7) is 3.65. The van der Waals surface area contributed by atoms with E-state index < -0.39 is 0 Å². The lowest BCUT2D eigenvalue weighted by Crippen LogP contribution is -2.20. The average Bonchev–Trinajstić information content (AvgIpc) is 2.54. The van der Waals surface area contributed by atoms with Gasteiger partial charge >= 0.3 is 0 Å². The Morgan fingerprint density at radius 1 is 1.04 bits per heavy atom. The third kappa shape index (κ3) is 5.38. The highest BCUT2D eigenvalue weighted by Gasteiger charge is 2.07. The molecule has 6 heteroatoms. The Bertz CT molecular complexity index is 747. The predicted octanol–water partition coefficient (Wildman–Crippen LogP) is 4.12. The number of hydrogen-bond donors (Lipinski definition) is 2. The first-order valence-corrected chi connectivity index (χ1v) is 8.36. The van der Waals surface area contributed by atoms with Gasteiger partial charge in [-0.25, -0.2) is 0 Å². The Hall–Kier alpha value is -2.34. The molecule has 2 aromatic carbocycles. The van der Waals surface area contributed by atoms with Gasteiger partial charge in [0, 0.05) is 17.8 Å². The number of aryl methyl sites for hydroxylation is 1. The number of amides is 2. The van der Waals surface area contributed by atoms with Crippen LogP contribution in [0.5, 0.6) is 5.75 Å². The van der Waals surface area contributed by atoms with Crippen LogP contribution in [-0.4, -0.2) is 18.4 Å². The average molecular weight is 391 g/mol.